The van der Waals surface area contributed by atoms with Gasteiger partial charge < -0.3 is 10.5 Å². The molecule has 1 rings (SSSR count). The van der Waals surface area contributed by atoms with Crippen molar-refractivity contribution in [1.29, 1.82) is 0 Å². The summed E-state index contributed by atoms with van der Waals surface area (Å²) in [4.78, 5) is 10.7. The average molecular weight is 195 g/mol. The smallest absolute Gasteiger partial charge is 0.357 e. The number of nitrogens with zero attached hydrogens (tertiary/aromatic N) is 1. The van der Waals surface area contributed by atoms with E-state index >= 15 is 0 Å². The predicted octanol–water partition coefficient (Wildman–Crippen LogP) is 0.934. The monoisotopic (exact) mass is 194 g/mol. The number of nitrogens with two attached hydrogens (primary N) is 1. The highest BCUT2D eigenvalue weighted by molar-refractivity contribution is 7.10. The molecule has 0 saturated carbocycles. The summed E-state index contributed by atoms with van der Waals surface area (Å²) in [6, 6.07) is 1.48. The summed E-state index contributed by atoms with van der Waals surface area (Å²) in [7, 11) is 1.30. The minimum absolute atomic E-state index is 0. The van der Waals surface area contributed by atoms with Gasteiger partial charge in [0, 0.05) is 6.07 Å². The van der Waals surface area contributed by atoms with Gasteiger partial charge in [0.2, 0.25) is 0 Å². The van der Waals surface area contributed by atoms with Crippen molar-refractivity contribution in [2.24, 2.45) is 0 Å². The van der Waals surface area contributed by atoms with E-state index in [4.69, 9.17) is 5.73 Å². The number of anilines is 1. The van der Waals surface area contributed by atoms with Gasteiger partial charge in [-0.3, -0.25) is 0 Å². The van der Waals surface area contributed by atoms with Gasteiger partial charge in [-0.05, 0) is 11.5 Å². The maximum absolute atomic E-state index is 10.7. The molecule has 1 heterocycles. The normalized spacial score (nSPS) is 8.45. The molecule has 0 radical (unpaired) electrons. The Kier molecular flexibility index (Phi) is 3.84. The van der Waals surface area contributed by atoms with E-state index in [1.54, 1.807) is 0 Å². The molecule has 62 valence electrons. The molecular formula is C5H7ClN2O2S. The van der Waals surface area contributed by atoms with Crippen molar-refractivity contribution in [3.05, 3.63) is 11.8 Å². The second-order valence-corrected chi connectivity index (χ2v) is 2.44. The second kappa shape index (κ2) is 4.15. The molecule has 1 aromatic heterocycles. The lowest BCUT2D eigenvalue weighted by molar-refractivity contribution is 0.0595. The van der Waals surface area contributed by atoms with Crippen LogP contribution >= 0.6 is 23.9 Å². The van der Waals surface area contributed by atoms with Crippen LogP contribution in [-0.4, -0.2) is 17.5 Å². The van der Waals surface area contributed by atoms with Crippen LogP contribution in [0.15, 0.2) is 6.07 Å². The summed E-state index contributed by atoms with van der Waals surface area (Å²) in [6.07, 6.45) is 0. The molecule has 0 aliphatic rings. The third-order valence-corrected chi connectivity index (χ3v) is 1.54. The zero-order valence-corrected chi connectivity index (χ0v) is 7.37. The Morgan fingerprint density at radius 1 is 1.82 bits per heavy atom. The molecule has 2 N–H and O–H groups in total. The fourth-order valence-corrected chi connectivity index (χ4v) is 0.985. The van der Waals surface area contributed by atoms with Crippen molar-refractivity contribution in [2.45, 2.75) is 0 Å². The van der Waals surface area contributed by atoms with Crippen LogP contribution in [0.2, 0.25) is 0 Å². The van der Waals surface area contributed by atoms with Gasteiger partial charge in [0.15, 0.2) is 5.69 Å². The molecule has 0 atom stereocenters. The van der Waals surface area contributed by atoms with E-state index in [-0.39, 0.29) is 18.1 Å². The van der Waals surface area contributed by atoms with Gasteiger partial charge in [-0.15, -0.1) is 12.4 Å². The molecule has 1 aromatic rings. The lowest BCUT2D eigenvalue weighted by Gasteiger charge is -1.89. The van der Waals surface area contributed by atoms with Crippen molar-refractivity contribution in [3.8, 4) is 0 Å². The predicted molar refractivity (Wildman–Crippen MR) is 45.1 cm³/mol. The summed E-state index contributed by atoms with van der Waals surface area (Å²) in [5.74, 6) is -0.451. The molecule has 0 bridgehead atoms. The number of carbonyl (C=O) groups is 1. The van der Waals surface area contributed by atoms with Crippen LogP contribution in [0.5, 0.6) is 0 Å². The van der Waals surface area contributed by atoms with Crippen LogP contribution in [0.4, 0.5) is 5.00 Å². The van der Waals surface area contributed by atoms with Gasteiger partial charge in [0.1, 0.15) is 5.00 Å². The fraction of sp³-hybridized carbons (Fsp3) is 0.200. The summed E-state index contributed by atoms with van der Waals surface area (Å²) in [5.41, 5.74) is 5.59. The third-order valence-electron chi connectivity index (χ3n) is 0.923. The average Bonchev–Trinajstić information content (AvgIpc) is 2.34. The van der Waals surface area contributed by atoms with Gasteiger partial charge in [0.25, 0.3) is 0 Å². The van der Waals surface area contributed by atoms with Crippen molar-refractivity contribution < 1.29 is 9.53 Å². The first-order chi connectivity index (χ1) is 4.74. The molecule has 0 unspecified atom stereocenters. The van der Waals surface area contributed by atoms with Crippen molar-refractivity contribution in [3.63, 3.8) is 0 Å². The summed E-state index contributed by atoms with van der Waals surface area (Å²) in [5, 5.41) is 0.514. The number of ether oxygens (including phenoxy) is 1. The molecule has 0 aliphatic heterocycles. The highest BCUT2D eigenvalue weighted by Gasteiger charge is 2.08. The molecular weight excluding hydrogens is 188 g/mol. The number of rotatable bonds is 1. The van der Waals surface area contributed by atoms with Gasteiger partial charge in [0.05, 0.1) is 7.11 Å². The van der Waals surface area contributed by atoms with Crippen molar-refractivity contribution >= 4 is 34.9 Å². The lowest BCUT2D eigenvalue weighted by atomic mass is 10.4. The Balaban J connectivity index is 0.000001000. The molecule has 0 saturated heterocycles. The van der Waals surface area contributed by atoms with E-state index in [1.807, 2.05) is 0 Å². The Labute approximate surface area is 73.9 Å². The largest absolute Gasteiger partial charge is 0.464 e. The molecule has 0 aliphatic carbocycles. The Morgan fingerprint density at radius 3 is 2.82 bits per heavy atom. The van der Waals surface area contributed by atoms with Crippen LogP contribution < -0.4 is 5.73 Å². The van der Waals surface area contributed by atoms with Crippen LogP contribution in [0.3, 0.4) is 0 Å². The quantitative estimate of drug-likeness (QED) is 0.676. The topological polar surface area (TPSA) is 65.2 Å². The highest BCUT2D eigenvalue weighted by atomic mass is 35.5. The third kappa shape index (κ3) is 2.36. The Hall–Kier alpha value is -0.810. The number of nitrogen functional groups attached to an aromatic ring is 1. The van der Waals surface area contributed by atoms with E-state index in [1.165, 1.54) is 13.2 Å². The van der Waals surface area contributed by atoms with Gasteiger partial charge >= 0.3 is 5.97 Å². The lowest BCUT2D eigenvalue weighted by Crippen LogP contribution is -2.00. The van der Waals surface area contributed by atoms with E-state index in [9.17, 15) is 4.79 Å². The highest BCUT2D eigenvalue weighted by Crippen LogP contribution is 2.11. The van der Waals surface area contributed by atoms with Gasteiger partial charge in [-0.25, -0.2) is 4.79 Å². The Bertz CT molecular complexity index is 250. The number of methoxy groups -OCH3 is 1. The SMILES string of the molecule is COC(=O)c1cc(N)sn1.Cl. The molecule has 6 heteroatoms. The van der Waals surface area contributed by atoms with Crippen molar-refractivity contribution in [1.82, 2.24) is 4.37 Å². The van der Waals surface area contributed by atoms with Crippen molar-refractivity contribution in [2.75, 3.05) is 12.8 Å². The number of halogens is 1. The number of carbonyl (C=O) groups excluding carboxylic acids is 1. The maximum atomic E-state index is 10.7. The molecule has 0 fully saturated rings. The van der Waals surface area contributed by atoms with Gasteiger partial charge in [-0.2, -0.15) is 4.37 Å². The standard InChI is InChI=1S/C5H6N2O2S.ClH/c1-9-5(8)3-2-4(6)10-7-3;/h2H,6H2,1H3;1H. The number of hydrogen-bond acceptors (Lipinski definition) is 5. The minimum atomic E-state index is -0.451. The molecule has 11 heavy (non-hydrogen) atoms. The van der Waals surface area contributed by atoms with Crippen LogP contribution in [0, 0.1) is 0 Å². The summed E-state index contributed by atoms with van der Waals surface area (Å²) < 4.78 is 8.13. The van der Waals surface area contributed by atoms with E-state index < -0.39 is 5.97 Å². The maximum Gasteiger partial charge on any atom is 0.357 e. The summed E-state index contributed by atoms with van der Waals surface area (Å²) in [6.45, 7) is 0. The zero-order chi connectivity index (χ0) is 7.56. The molecule has 0 amide bonds. The first-order valence-corrected chi connectivity index (χ1v) is 3.32. The van der Waals surface area contributed by atoms with E-state index in [2.05, 4.69) is 9.11 Å². The molecule has 4 nitrogen and oxygen atoms in total. The number of hydrogen-bond donors (Lipinski definition) is 1. The van der Waals surface area contributed by atoms with Crippen LogP contribution in [-0.2, 0) is 4.74 Å². The fourth-order valence-electron chi connectivity index (χ4n) is 0.490. The van der Waals surface area contributed by atoms with Crippen LogP contribution in [0.1, 0.15) is 10.5 Å². The Morgan fingerprint density at radius 2 is 2.45 bits per heavy atom. The zero-order valence-electron chi connectivity index (χ0n) is 5.73. The minimum Gasteiger partial charge on any atom is -0.464 e. The number of esters is 1. The van der Waals surface area contributed by atoms with Crippen LogP contribution in [0.25, 0.3) is 0 Å². The first-order valence-electron chi connectivity index (χ1n) is 2.54. The first kappa shape index (κ1) is 10.2. The van der Waals surface area contributed by atoms with E-state index in [0.29, 0.717) is 5.00 Å². The molecule has 0 aromatic carbocycles. The summed E-state index contributed by atoms with van der Waals surface area (Å²) >= 11 is 1.08. The van der Waals surface area contributed by atoms with E-state index in [0.717, 1.165) is 11.5 Å². The molecule has 0 spiro atoms. The van der Waals surface area contributed by atoms with Gasteiger partial charge in [-0.1, -0.05) is 0 Å². The second-order valence-electron chi connectivity index (χ2n) is 1.61. The number of aromatic nitrogens is 1.